The number of carboxylic acid groups (broad SMARTS) is 1. The summed E-state index contributed by atoms with van der Waals surface area (Å²) in [6.45, 7) is 4.32. The van der Waals surface area contributed by atoms with Gasteiger partial charge in [-0.05, 0) is 27.2 Å². The van der Waals surface area contributed by atoms with E-state index in [9.17, 15) is 30.0 Å². The highest BCUT2D eigenvalue weighted by Crippen LogP contribution is 2.45. The van der Waals surface area contributed by atoms with E-state index in [2.05, 4.69) is 0 Å². The molecule has 2 heterocycles. The van der Waals surface area contributed by atoms with Crippen LogP contribution in [0.3, 0.4) is 0 Å². The number of esters is 1. The Labute approximate surface area is 156 Å². The number of cyclic esters (lactones) is 1. The molecular weight excluding hydrogens is 364 g/mol. The zero-order valence-corrected chi connectivity index (χ0v) is 15.6. The first kappa shape index (κ1) is 22.0. The van der Waals surface area contributed by atoms with Crippen molar-refractivity contribution in [1.82, 2.24) is 0 Å². The van der Waals surface area contributed by atoms with Crippen LogP contribution in [-0.4, -0.2) is 86.0 Å². The summed E-state index contributed by atoms with van der Waals surface area (Å²) in [4.78, 5) is 22.8. The van der Waals surface area contributed by atoms with Crippen LogP contribution < -0.4 is 0 Å². The van der Waals surface area contributed by atoms with Gasteiger partial charge in [0.05, 0.1) is 18.6 Å². The van der Waals surface area contributed by atoms with Crippen LogP contribution in [0.15, 0.2) is 0 Å². The molecule has 7 atom stereocenters. The third-order valence-corrected chi connectivity index (χ3v) is 5.40. The van der Waals surface area contributed by atoms with Gasteiger partial charge in [0.1, 0.15) is 30.0 Å². The lowest BCUT2D eigenvalue weighted by atomic mass is 9.75. The number of hydrogen-bond acceptors (Lipinski definition) is 9. The Morgan fingerprint density at radius 2 is 1.89 bits per heavy atom. The summed E-state index contributed by atoms with van der Waals surface area (Å²) in [7, 11) is 0. The van der Waals surface area contributed by atoms with E-state index in [0.29, 0.717) is 0 Å². The first-order valence-corrected chi connectivity index (χ1v) is 8.83. The summed E-state index contributed by atoms with van der Waals surface area (Å²) in [5, 5.41) is 48.2. The van der Waals surface area contributed by atoms with Gasteiger partial charge in [-0.2, -0.15) is 0 Å². The van der Waals surface area contributed by atoms with Crippen LogP contribution in [0.5, 0.6) is 0 Å². The molecule has 0 bridgehead atoms. The number of carbonyl (C=O) groups is 2. The van der Waals surface area contributed by atoms with Crippen molar-refractivity contribution in [2.24, 2.45) is 5.92 Å². The molecule has 0 amide bonds. The fraction of sp³-hybridized carbons (Fsp3) is 0.882. The van der Waals surface area contributed by atoms with Gasteiger partial charge in [0, 0.05) is 12.3 Å². The second-order valence-corrected chi connectivity index (χ2v) is 7.86. The van der Waals surface area contributed by atoms with Gasteiger partial charge >= 0.3 is 11.9 Å². The third-order valence-electron chi connectivity index (χ3n) is 5.40. The minimum atomic E-state index is -1.59. The van der Waals surface area contributed by atoms with E-state index in [4.69, 9.17) is 19.3 Å². The SMILES string of the molecule is CC(C)(O[C@@H]1O[C@H](CO)[C@@H](O)[C@H](O)[C@H]1O)[C@H]1CC(=O)O[C@@]1(C)CCC(=O)O. The summed E-state index contributed by atoms with van der Waals surface area (Å²) < 4.78 is 16.6. The van der Waals surface area contributed by atoms with E-state index < -0.39 is 66.4 Å². The van der Waals surface area contributed by atoms with E-state index in [1.165, 1.54) is 0 Å². The van der Waals surface area contributed by atoms with Crippen LogP contribution in [0.25, 0.3) is 0 Å². The average molecular weight is 392 g/mol. The smallest absolute Gasteiger partial charge is 0.306 e. The molecule has 10 heteroatoms. The molecule has 2 saturated heterocycles. The Kier molecular flexibility index (Phi) is 6.50. The second kappa shape index (κ2) is 7.98. The van der Waals surface area contributed by atoms with Crippen molar-refractivity contribution in [1.29, 1.82) is 0 Å². The number of aliphatic hydroxyl groups excluding tert-OH is 4. The van der Waals surface area contributed by atoms with Crippen molar-refractivity contribution in [2.45, 2.75) is 81.9 Å². The summed E-state index contributed by atoms with van der Waals surface area (Å²) in [6.07, 6.45) is -7.29. The Morgan fingerprint density at radius 3 is 2.44 bits per heavy atom. The number of carbonyl (C=O) groups excluding carboxylic acids is 1. The molecule has 2 rings (SSSR count). The highest BCUT2D eigenvalue weighted by molar-refractivity contribution is 5.73. The molecule has 0 radical (unpaired) electrons. The van der Waals surface area contributed by atoms with Gasteiger partial charge in [0.25, 0.3) is 0 Å². The molecule has 0 saturated carbocycles. The monoisotopic (exact) mass is 392 g/mol. The normalized spacial score (nSPS) is 40.0. The van der Waals surface area contributed by atoms with Gasteiger partial charge in [0.2, 0.25) is 0 Å². The molecule has 0 aromatic carbocycles. The lowest BCUT2D eigenvalue weighted by molar-refractivity contribution is -0.331. The lowest BCUT2D eigenvalue weighted by Gasteiger charge is -2.46. The Hall–Kier alpha value is -1.30. The van der Waals surface area contributed by atoms with Crippen LogP contribution in [0.1, 0.15) is 40.0 Å². The molecule has 0 aromatic rings. The van der Waals surface area contributed by atoms with Crippen molar-refractivity contribution in [3.8, 4) is 0 Å². The highest BCUT2D eigenvalue weighted by atomic mass is 16.7. The maximum atomic E-state index is 11.9. The third kappa shape index (κ3) is 4.58. The van der Waals surface area contributed by atoms with E-state index >= 15 is 0 Å². The van der Waals surface area contributed by atoms with Crippen LogP contribution in [0.4, 0.5) is 0 Å². The first-order valence-electron chi connectivity index (χ1n) is 8.83. The van der Waals surface area contributed by atoms with Crippen LogP contribution in [0, 0.1) is 5.92 Å². The predicted octanol–water partition coefficient (Wildman–Crippen LogP) is -1.23. The topological polar surface area (TPSA) is 163 Å². The molecule has 2 aliphatic rings. The zero-order valence-electron chi connectivity index (χ0n) is 15.6. The number of aliphatic hydroxyl groups is 4. The predicted molar refractivity (Wildman–Crippen MR) is 88.4 cm³/mol. The number of carboxylic acids is 1. The number of rotatable bonds is 7. The molecule has 0 aromatic heterocycles. The average Bonchev–Trinajstić information content (AvgIpc) is 2.89. The molecule has 0 aliphatic carbocycles. The largest absolute Gasteiger partial charge is 0.481 e. The molecule has 0 unspecified atom stereocenters. The van der Waals surface area contributed by atoms with Gasteiger partial charge in [-0.15, -0.1) is 0 Å². The standard InChI is InChI=1S/C17H28O10/c1-16(2,9-6-11(21)26-17(9,3)5-4-10(19)20)27-15-14(24)13(23)12(22)8(7-18)25-15/h8-9,12-15,18,22-24H,4-7H2,1-3H3,(H,19,20)/t8-,9-,12-,13+,14-,15+,17+/m1/s1. The van der Waals surface area contributed by atoms with E-state index in [0.717, 1.165) is 0 Å². The van der Waals surface area contributed by atoms with Crippen molar-refractivity contribution in [2.75, 3.05) is 6.61 Å². The quantitative estimate of drug-likeness (QED) is 0.331. The minimum Gasteiger partial charge on any atom is -0.481 e. The van der Waals surface area contributed by atoms with Crippen LogP contribution in [-0.2, 0) is 23.8 Å². The molecule has 2 fully saturated rings. The fourth-order valence-corrected chi connectivity index (χ4v) is 3.86. The molecule has 2 aliphatic heterocycles. The molecule has 156 valence electrons. The van der Waals surface area contributed by atoms with Crippen molar-refractivity contribution in [3.63, 3.8) is 0 Å². The maximum Gasteiger partial charge on any atom is 0.306 e. The Morgan fingerprint density at radius 1 is 1.26 bits per heavy atom. The van der Waals surface area contributed by atoms with Gasteiger partial charge < -0.3 is 39.7 Å². The lowest BCUT2D eigenvalue weighted by Crippen LogP contribution is -2.61. The summed E-state index contributed by atoms with van der Waals surface area (Å²) in [6, 6.07) is 0. The number of hydrogen-bond donors (Lipinski definition) is 5. The second-order valence-electron chi connectivity index (χ2n) is 7.86. The number of ether oxygens (including phenoxy) is 3. The van der Waals surface area contributed by atoms with Crippen LogP contribution in [0.2, 0.25) is 0 Å². The van der Waals surface area contributed by atoms with Crippen molar-refractivity contribution >= 4 is 11.9 Å². The van der Waals surface area contributed by atoms with E-state index in [1.54, 1.807) is 20.8 Å². The summed E-state index contributed by atoms with van der Waals surface area (Å²) >= 11 is 0. The molecule has 10 nitrogen and oxygen atoms in total. The van der Waals surface area contributed by atoms with Gasteiger partial charge in [-0.1, -0.05) is 0 Å². The van der Waals surface area contributed by atoms with Gasteiger partial charge in [-0.3, -0.25) is 9.59 Å². The molecule has 27 heavy (non-hydrogen) atoms. The molecule has 0 spiro atoms. The minimum absolute atomic E-state index is 0.0134. The molecule has 5 N–H and O–H groups in total. The van der Waals surface area contributed by atoms with E-state index in [1.807, 2.05) is 0 Å². The van der Waals surface area contributed by atoms with Gasteiger partial charge in [-0.25, -0.2) is 0 Å². The number of aliphatic carboxylic acids is 1. The maximum absolute atomic E-state index is 11.9. The van der Waals surface area contributed by atoms with E-state index in [-0.39, 0.29) is 19.3 Å². The van der Waals surface area contributed by atoms with Crippen molar-refractivity contribution < 1.29 is 49.3 Å². The Balaban J connectivity index is 2.18. The first-order chi connectivity index (χ1) is 12.4. The van der Waals surface area contributed by atoms with Gasteiger partial charge in [0.15, 0.2) is 6.29 Å². The van der Waals surface area contributed by atoms with Crippen LogP contribution >= 0.6 is 0 Å². The Bertz CT molecular complexity index is 562. The fourth-order valence-electron chi connectivity index (χ4n) is 3.86. The zero-order chi connectivity index (χ0) is 20.6. The summed E-state index contributed by atoms with van der Waals surface area (Å²) in [5.41, 5.74) is -2.21. The van der Waals surface area contributed by atoms with Crippen molar-refractivity contribution in [3.05, 3.63) is 0 Å². The highest BCUT2D eigenvalue weighted by Gasteiger charge is 2.55. The molecular formula is C17H28O10. The summed E-state index contributed by atoms with van der Waals surface area (Å²) in [5.74, 6) is -2.06.